The van der Waals surface area contributed by atoms with Crippen molar-refractivity contribution in [1.29, 1.82) is 0 Å². The third-order valence-electron chi connectivity index (χ3n) is 3.38. The van der Waals surface area contributed by atoms with Gasteiger partial charge in [0.15, 0.2) is 0 Å². The van der Waals surface area contributed by atoms with E-state index in [9.17, 15) is 4.79 Å². The Kier molecular flexibility index (Phi) is 5.41. The van der Waals surface area contributed by atoms with Crippen LogP contribution in [0.2, 0.25) is 0 Å². The Labute approximate surface area is 125 Å². The minimum Gasteiger partial charge on any atom is -0.497 e. The Morgan fingerprint density at radius 2 is 2.24 bits per heavy atom. The van der Waals surface area contributed by atoms with Crippen LogP contribution in [0.15, 0.2) is 18.2 Å². The van der Waals surface area contributed by atoms with Crippen LogP contribution in [0, 0.1) is 0 Å². The monoisotopic (exact) mass is 294 g/mol. The van der Waals surface area contributed by atoms with Gasteiger partial charge in [0.25, 0.3) is 0 Å². The van der Waals surface area contributed by atoms with Gasteiger partial charge >= 0.3 is 0 Å². The molecule has 0 saturated carbocycles. The fourth-order valence-corrected chi connectivity index (χ4v) is 2.33. The molecule has 1 aromatic rings. The maximum atomic E-state index is 12.1. The van der Waals surface area contributed by atoms with Crippen molar-refractivity contribution in [2.24, 2.45) is 0 Å². The molecule has 6 heteroatoms. The first-order chi connectivity index (χ1) is 10.1. The van der Waals surface area contributed by atoms with Crippen LogP contribution in [0.5, 0.6) is 11.5 Å². The predicted molar refractivity (Wildman–Crippen MR) is 80.0 cm³/mol. The molecule has 1 aliphatic heterocycles. The molecule has 0 bridgehead atoms. The van der Waals surface area contributed by atoms with Crippen LogP contribution in [0.25, 0.3) is 0 Å². The average molecular weight is 294 g/mol. The summed E-state index contributed by atoms with van der Waals surface area (Å²) in [5, 5.41) is 2.87. The summed E-state index contributed by atoms with van der Waals surface area (Å²) in [5.41, 5.74) is 0.643. The average Bonchev–Trinajstić information content (AvgIpc) is 2.47. The molecule has 1 unspecified atom stereocenters. The van der Waals surface area contributed by atoms with E-state index < -0.39 is 0 Å². The van der Waals surface area contributed by atoms with Crippen molar-refractivity contribution < 1.29 is 19.0 Å². The lowest BCUT2D eigenvalue weighted by Gasteiger charge is -2.30. The van der Waals surface area contributed by atoms with E-state index in [1.54, 1.807) is 32.4 Å². The summed E-state index contributed by atoms with van der Waals surface area (Å²) in [4.78, 5) is 14.2. The molecule has 1 heterocycles. The summed E-state index contributed by atoms with van der Waals surface area (Å²) in [6, 6.07) is 5.30. The first kappa shape index (κ1) is 15.6. The van der Waals surface area contributed by atoms with Crippen molar-refractivity contribution in [3.63, 3.8) is 0 Å². The lowest BCUT2D eigenvalue weighted by atomic mass is 10.2. The maximum absolute atomic E-state index is 12.1. The molecule has 1 aromatic carbocycles. The molecule has 6 nitrogen and oxygen atoms in total. The lowest BCUT2D eigenvalue weighted by Crippen LogP contribution is -2.44. The lowest BCUT2D eigenvalue weighted by molar-refractivity contribution is -0.119. The Bertz CT molecular complexity index is 493. The van der Waals surface area contributed by atoms with Crippen LogP contribution < -0.4 is 14.8 Å². The zero-order valence-corrected chi connectivity index (χ0v) is 12.7. The smallest absolute Gasteiger partial charge is 0.238 e. The molecule has 1 atom stereocenters. The number of rotatable bonds is 5. The van der Waals surface area contributed by atoms with Crippen molar-refractivity contribution in [3.05, 3.63) is 18.2 Å². The van der Waals surface area contributed by atoms with E-state index in [1.165, 1.54) is 0 Å². The van der Waals surface area contributed by atoms with Crippen molar-refractivity contribution in [2.45, 2.75) is 13.0 Å². The molecule has 1 N–H and O–H groups in total. The minimum absolute atomic E-state index is 0.0624. The second-order valence-corrected chi connectivity index (χ2v) is 5.03. The second kappa shape index (κ2) is 7.28. The minimum atomic E-state index is -0.0624. The number of nitrogens with one attached hydrogen (secondary N) is 1. The molecule has 0 radical (unpaired) electrons. The number of morpholine rings is 1. The number of hydrogen-bond acceptors (Lipinski definition) is 5. The molecule has 0 aliphatic carbocycles. The SMILES string of the molecule is COc1ccc(NC(=O)CN2CCOC(C)C2)c(OC)c1. The summed E-state index contributed by atoms with van der Waals surface area (Å²) in [5.74, 6) is 1.21. The topological polar surface area (TPSA) is 60.0 Å². The molecule has 1 fully saturated rings. The highest BCUT2D eigenvalue weighted by Gasteiger charge is 2.19. The van der Waals surface area contributed by atoms with Crippen LogP contribution in [0.4, 0.5) is 5.69 Å². The van der Waals surface area contributed by atoms with E-state index in [2.05, 4.69) is 10.2 Å². The summed E-state index contributed by atoms with van der Waals surface area (Å²) in [7, 11) is 3.15. The van der Waals surface area contributed by atoms with Gasteiger partial charge in [0.2, 0.25) is 5.91 Å². The highest BCUT2D eigenvalue weighted by molar-refractivity contribution is 5.93. The fourth-order valence-electron chi connectivity index (χ4n) is 2.33. The Morgan fingerprint density at radius 1 is 1.43 bits per heavy atom. The van der Waals surface area contributed by atoms with Gasteiger partial charge in [-0.25, -0.2) is 0 Å². The van der Waals surface area contributed by atoms with Gasteiger partial charge in [-0.1, -0.05) is 0 Å². The number of amides is 1. The van der Waals surface area contributed by atoms with Gasteiger partial charge in [-0.2, -0.15) is 0 Å². The molecular formula is C15H22N2O4. The number of benzene rings is 1. The predicted octanol–water partition coefficient (Wildman–Crippen LogP) is 1.36. The Balaban J connectivity index is 1.95. The van der Waals surface area contributed by atoms with Crippen LogP contribution in [-0.4, -0.2) is 57.4 Å². The zero-order chi connectivity index (χ0) is 15.2. The molecule has 1 saturated heterocycles. The number of methoxy groups -OCH3 is 2. The highest BCUT2D eigenvalue weighted by atomic mass is 16.5. The van der Waals surface area contributed by atoms with Gasteiger partial charge in [-0.05, 0) is 19.1 Å². The number of carbonyl (C=O) groups is 1. The van der Waals surface area contributed by atoms with Crippen molar-refractivity contribution in [1.82, 2.24) is 4.90 Å². The highest BCUT2D eigenvalue weighted by Crippen LogP contribution is 2.28. The second-order valence-electron chi connectivity index (χ2n) is 5.03. The number of hydrogen-bond donors (Lipinski definition) is 1. The molecule has 0 aromatic heterocycles. The van der Waals surface area contributed by atoms with Gasteiger partial charge in [-0.15, -0.1) is 0 Å². The summed E-state index contributed by atoms with van der Waals surface area (Å²) in [6.45, 7) is 4.57. The Morgan fingerprint density at radius 3 is 2.90 bits per heavy atom. The third kappa shape index (κ3) is 4.34. The number of ether oxygens (including phenoxy) is 3. The van der Waals surface area contributed by atoms with Crippen LogP contribution in [0.3, 0.4) is 0 Å². The number of anilines is 1. The quantitative estimate of drug-likeness (QED) is 0.888. The van der Waals surface area contributed by atoms with Crippen molar-refractivity contribution in [2.75, 3.05) is 45.8 Å². The normalized spacial score (nSPS) is 19.1. The first-order valence-electron chi connectivity index (χ1n) is 6.98. The maximum Gasteiger partial charge on any atom is 0.238 e. The standard InChI is InChI=1S/C15H22N2O4/c1-11-9-17(6-7-21-11)10-15(18)16-13-5-4-12(19-2)8-14(13)20-3/h4-5,8,11H,6-7,9-10H2,1-3H3,(H,16,18). The van der Waals surface area contributed by atoms with E-state index in [4.69, 9.17) is 14.2 Å². The van der Waals surface area contributed by atoms with Crippen molar-refractivity contribution in [3.8, 4) is 11.5 Å². The van der Waals surface area contributed by atoms with Crippen LogP contribution in [0.1, 0.15) is 6.92 Å². The molecule has 2 rings (SSSR count). The van der Waals surface area contributed by atoms with Crippen molar-refractivity contribution >= 4 is 11.6 Å². The van der Waals surface area contributed by atoms with Gasteiger partial charge in [0.05, 0.1) is 39.2 Å². The molecule has 1 aliphatic rings. The van der Waals surface area contributed by atoms with Gasteiger partial charge in [0.1, 0.15) is 11.5 Å². The fraction of sp³-hybridized carbons (Fsp3) is 0.533. The number of carbonyl (C=O) groups excluding carboxylic acids is 1. The first-order valence-corrected chi connectivity index (χ1v) is 6.98. The summed E-state index contributed by atoms with van der Waals surface area (Å²) >= 11 is 0. The molecule has 1 amide bonds. The van der Waals surface area contributed by atoms with Gasteiger partial charge < -0.3 is 19.5 Å². The Hall–Kier alpha value is -1.79. The van der Waals surface area contributed by atoms with Gasteiger partial charge in [-0.3, -0.25) is 9.69 Å². The largest absolute Gasteiger partial charge is 0.497 e. The molecule has 0 spiro atoms. The molecular weight excluding hydrogens is 272 g/mol. The van der Waals surface area contributed by atoms with E-state index in [-0.39, 0.29) is 12.0 Å². The van der Waals surface area contributed by atoms with E-state index >= 15 is 0 Å². The third-order valence-corrected chi connectivity index (χ3v) is 3.38. The number of nitrogens with zero attached hydrogens (tertiary/aromatic N) is 1. The van der Waals surface area contributed by atoms with E-state index in [0.717, 1.165) is 13.1 Å². The molecule has 116 valence electrons. The van der Waals surface area contributed by atoms with Crippen LogP contribution in [-0.2, 0) is 9.53 Å². The van der Waals surface area contributed by atoms with Gasteiger partial charge in [0, 0.05) is 19.2 Å². The van der Waals surface area contributed by atoms with E-state index in [0.29, 0.717) is 30.3 Å². The summed E-state index contributed by atoms with van der Waals surface area (Å²) < 4.78 is 15.9. The zero-order valence-electron chi connectivity index (χ0n) is 12.7. The van der Waals surface area contributed by atoms with Crippen LogP contribution >= 0.6 is 0 Å². The van der Waals surface area contributed by atoms with E-state index in [1.807, 2.05) is 6.92 Å². The summed E-state index contributed by atoms with van der Waals surface area (Å²) in [6.07, 6.45) is 0.169. The molecule has 21 heavy (non-hydrogen) atoms.